The SMILES string of the molecule is CC(CS(C)=O)N1CC(=O)NCC1=O. The lowest BCUT2D eigenvalue weighted by atomic mass is 10.2. The number of amides is 2. The van der Waals surface area contributed by atoms with Gasteiger partial charge in [-0.15, -0.1) is 0 Å². The third-order valence-electron chi connectivity index (χ3n) is 2.08. The fourth-order valence-corrected chi connectivity index (χ4v) is 2.27. The standard InChI is InChI=1S/C8H14N2O3S/c1-6(5-14(2)13)10-4-7(11)9-3-8(10)12/h6H,3-5H2,1-2H3,(H,9,11). The monoisotopic (exact) mass is 218 g/mol. The molecule has 14 heavy (non-hydrogen) atoms. The van der Waals surface area contributed by atoms with Crippen molar-refractivity contribution in [2.24, 2.45) is 0 Å². The highest BCUT2D eigenvalue weighted by Gasteiger charge is 2.27. The van der Waals surface area contributed by atoms with Crippen LogP contribution in [0.25, 0.3) is 0 Å². The van der Waals surface area contributed by atoms with Gasteiger partial charge < -0.3 is 10.2 Å². The van der Waals surface area contributed by atoms with Crippen LogP contribution in [0, 0.1) is 0 Å². The van der Waals surface area contributed by atoms with E-state index in [2.05, 4.69) is 5.32 Å². The molecular formula is C8H14N2O3S. The summed E-state index contributed by atoms with van der Waals surface area (Å²) < 4.78 is 11.0. The van der Waals surface area contributed by atoms with Crippen molar-refractivity contribution < 1.29 is 13.8 Å². The van der Waals surface area contributed by atoms with Gasteiger partial charge >= 0.3 is 0 Å². The second kappa shape index (κ2) is 4.54. The average molecular weight is 218 g/mol. The Kier molecular flexibility index (Phi) is 3.62. The maximum absolute atomic E-state index is 11.4. The molecule has 1 saturated heterocycles. The number of rotatable bonds is 3. The number of carbonyl (C=O) groups excluding carboxylic acids is 2. The highest BCUT2D eigenvalue weighted by molar-refractivity contribution is 7.84. The van der Waals surface area contributed by atoms with Gasteiger partial charge in [-0.1, -0.05) is 0 Å². The molecule has 80 valence electrons. The summed E-state index contributed by atoms with van der Waals surface area (Å²) in [4.78, 5) is 23.9. The van der Waals surface area contributed by atoms with E-state index >= 15 is 0 Å². The summed E-state index contributed by atoms with van der Waals surface area (Å²) in [5, 5.41) is 2.46. The molecule has 1 aliphatic rings. The molecule has 6 heteroatoms. The van der Waals surface area contributed by atoms with Crippen molar-refractivity contribution in [3.05, 3.63) is 0 Å². The van der Waals surface area contributed by atoms with Gasteiger partial charge in [0, 0.05) is 28.9 Å². The number of nitrogens with zero attached hydrogens (tertiary/aromatic N) is 1. The van der Waals surface area contributed by atoms with E-state index in [-0.39, 0.29) is 30.9 Å². The molecule has 1 heterocycles. The lowest BCUT2D eigenvalue weighted by molar-refractivity contribution is -0.142. The quantitative estimate of drug-likeness (QED) is 0.641. The van der Waals surface area contributed by atoms with Crippen molar-refractivity contribution in [1.29, 1.82) is 0 Å². The van der Waals surface area contributed by atoms with Crippen molar-refractivity contribution in [2.75, 3.05) is 25.1 Å². The smallest absolute Gasteiger partial charge is 0.242 e. The topological polar surface area (TPSA) is 66.5 Å². The number of hydrogen-bond donors (Lipinski definition) is 1. The summed E-state index contributed by atoms with van der Waals surface area (Å²) in [6.07, 6.45) is 1.59. The molecule has 1 N–H and O–H groups in total. The minimum atomic E-state index is -0.949. The van der Waals surface area contributed by atoms with Gasteiger partial charge in [0.25, 0.3) is 0 Å². The summed E-state index contributed by atoms with van der Waals surface area (Å²) in [7, 11) is -0.949. The average Bonchev–Trinajstić information content (AvgIpc) is 2.08. The molecule has 0 aromatic carbocycles. The lowest BCUT2D eigenvalue weighted by Gasteiger charge is -2.31. The number of nitrogens with one attached hydrogen (secondary N) is 1. The van der Waals surface area contributed by atoms with E-state index in [0.29, 0.717) is 5.75 Å². The predicted molar refractivity (Wildman–Crippen MR) is 53.1 cm³/mol. The number of carbonyl (C=O) groups is 2. The summed E-state index contributed by atoms with van der Waals surface area (Å²) in [6.45, 7) is 1.94. The molecule has 1 rings (SSSR count). The normalized spacial score (nSPS) is 21.7. The van der Waals surface area contributed by atoms with Crippen molar-refractivity contribution in [2.45, 2.75) is 13.0 Å². The Morgan fingerprint density at radius 3 is 2.79 bits per heavy atom. The highest BCUT2D eigenvalue weighted by atomic mass is 32.2. The van der Waals surface area contributed by atoms with E-state index in [1.807, 2.05) is 0 Å². The van der Waals surface area contributed by atoms with Crippen LogP contribution in [0.3, 0.4) is 0 Å². The number of hydrogen-bond acceptors (Lipinski definition) is 3. The van der Waals surface area contributed by atoms with Crippen LogP contribution in [0.1, 0.15) is 6.92 Å². The van der Waals surface area contributed by atoms with Gasteiger partial charge in [0.15, 0.2) is 0 Å². The second-order valence-corrected chi connectivity index (χ2v) is 4.87. The van der Waals surface area contributed by atoms with Gasteiger partial charge in [0.2, 0.25) is 11.8 Å². The Balaban J connectivity index is 2.59. The molecule has 2 amide bonds. The molecular weight excluding hydrogens is 204 g/mol. The van der Waals surface area contributed by atoms with Gasteiger partial charge in [0.1, 0.15) is 0 Å². The van der Waals surface area contributed by atoms with Crippen LogP contribution >= 0.6 is 0 Å². The molecule has 0 aromatic rings. The molecule has 0 aromatic heterocycles. The Bertz CT molecular complexity index is 280. The van der Waals surface area contributed by atoms with Crippen LogP contribution in [0.2, 0.25) is 0 Å². The van der Waals surface area contributed by atoms with E-state index in [0.717, 1.165) is 0 Å². The van der Waals surface area contributed by atoms with Crippen LogP contribution in [0.4, 0.5) is 0 Å². The minimum absolute atomic E-state index is 0.0551. The zero-order valence-electron chi connectivity index (χ0n) is 8.28. The summed E-state index contributed by atoms with van der Waals surface area (Å²) >= 11 is 0. The molecule has 0 aliphatic carbocycles. The van der Waals surface area contributed by atoms with Gasteiger partial charge in [0.05, 0.1) is 13.1 Å². The fourth-order valence-electron chi connectivity index (χ4n) is 1.41. The third-order valence-corrected chi connectivity index (χ3v) is 3.03. The molecule has 2 atom stereocenters. The van der Waals surface area contributed by atoms with Crippen molar-refractivity contribution in [1.82, 2.24) is 10.2 Å². The number of piperazine rings is 1. The molecule has 5 nitrogen and oxygen atoms in total. The predicted octanol–water partition coefficient (Wildman–Crippen LogP) is -1.29. The highest BCUT2D eigenvalue weighted by Crippen LogP contribution is 2.04. The summed E-state index contributed by atoms with van der Waals surface area (Å²) in [6, 6.07) is -0.139. The Labute approximate surface area is 85.3 Å². The molecule has 0 bridgehead atoms. The molecule has 0 spiro atoms. The van der Waals surface area contributed by atoms with Gasteiger partial charge in [-0.05, 0) is 6.92 Å². The van der Waals surface area contributed by atoms with Crippen molar-refractivity contribution >= 4 is 22.6 Å². The second-order valence-electron chi connectivity index (χ2n) is 3.39. The van der Waals surface area contributed by atoms with Crippen molar-refractivity contribution in [3.8, 4) is 0 Å². The van der Waals surface area contributed by atoms with E-state index in [1.165, 1.54) is 4.90 Å². The summed E-state index contributed by atoms with van der Waals surface area (Å²) in [5.41, 5.74) is 0. The molecule has 1 fully saturated rings. The van der Waals surface area contributed by atoms with Crippen LogP contribution in [0.15, 0.2) is 0 Å². The fraction of sp³-hybridized carbons (Fsp3) is 0.750. The first kappa shape index (κ1) is 11.2. The largest absolute Gasteiger partial charge is 0.345 e. The minimum Gasteiger partial charge on any atom is -0.345 e. The maximum atomic E-state index is 11.4. The van der Waals surface area contributed by atoms with E-state index in [4.69, 9.17) is 0 Å². The molecule has 0 radical (unpaired) electrons. The van der Waals surface area contributed by atoms with Gasteiger partial charge in [-0.2, -0.15) is 0 Å². The van der Waals surface area contributed by atoms with Crippen LogP contribution in [-0.2, 0) is 20.4 Å². The first-order valence-electron chi connectivity index (χ1n) is 4.37. The van der Waals surface area contributed by atoms with Gasteiger partial charge in [-0.3, -0.25) is 13.8 Å². The summed E-state index contributed by atoms with van der Waals surface area (Å²) in [5.74, 6) is 0.153. The first-order chi connectivity index (χ1) is 6.50. The molecule has 0 saturated carbocycles. The maximum Gasteiger partial charge on any atom is 0.242 e. The van der Waals surface area contributed by atoms with E-state index in [9.17, 15) is 13.8 Å². The Hall–Kier alpha value is -0.910. The Morgan fingerprint density at radius 1 is 1.57 bits per heavy atom. The molecule has 2 unspecified atom stereocenters. The molecule has 1 aliphatic heterocycles. The van der Waals surface area contributed by atoms with Crippen LogP contribution in [-0.4, -0.2) is 52.1 Å². The zero-order valence-corrected chi connectivity index (χ0v) is 9.10. The lowest BCUT2D eigenvalue weighted by Crippen LogP contribution is -2.55. The first-order valence-corrected chi connectivity index (χ1v) is 6.09. The van der Waals surface area contributed by atoms with Crippen LogP contribution < -0.4 is 5.32 Å². The third kappa shape index (κ3) is 2.80. The van der Waals surface area contributed by atoms with Crippen molar-refractivity contribution in [3.63, 3.8) is 0 Å². The van der Waals surface area contributed by atoms with E-state index in [1.54, 1.807) is 13.2 Å². The zero-order chi connectivity index (χ0) is 10.7. The van der Waals surface area contributed by atoms with Gasteiger partial charge in [-0.25, -0.2) is 0 Å². The van der Waals surface area contributed by atoms with Crippen LogP contribution in [0.5, 0.6) is 0 Å². The Morgan fingerprint density at radius 2 is 2.21 bits per heavy atom. The van der Waals surface area contributed by atoms with E-state index < -0.39 is 10.8 Å².